The highest BCUT2D eigenvalue weighted by Gasteiger charge is 2.44. The lowest BCUT2D eigenvalue weighted by atomic mass is 9.73. The maximum Gasteiger partial charge on any atom is 0.182 e. The van der Waals surface area contributed by atoms with Crippen molar-refractivity contribution in [1.29, 1.82) is 0 Å². The van der Waals surface area contributed by atoms with Gasteiger partial charge in [-0.2, -0.15) is 0 Å². The summed E-state index contributed by atoms with van der Waals surface area (Å²) in [5, 5.41) is 14.7. The maximum atomic E-state index is 13.4. The molecule has 2 nitrogen and oxygen atoms in total. The Hall–Kier alpha value is -1.99. The van der Waals surface area contributed by atoms with Crippen LogP contribution in [0.3, 0.4) is 0 Å². The van der Waals surface area contributed by atoms with Gasteiger partial charge in [-0.1, -0.05) is 24.3 Å². The van der Waals surface area contributed by atoms with Gasteiger partial charge >= 0.3 is 0 Å². The molecule has 4 aromatic carbocycles. The molecule has 5 rings (SSSR count). The quantitative estimate of drug-likeness (QED) is 0.212. The number of aliphatic hydroxyl groups excluding tert-OH is 1. The molecule has 0 heterocycles. The molecule has 6 heteroatoms. The Morgan fingerprint density at radius 1 is 0.700 bits per heavy atom. The van der Waals surface area contributed by atoms with Crippen molar-refractivity contribution in [3.8, 4) is 0 Å². The van der Waals surface area contributed by atoms with Crippen LogP contribution in [0.1, 0.15) is 17.0 Å². The minimum absolute atomic E-state index is 0.0514. The molecule has 0 amide bonds. The molecule has 0 saturated carbocycles. The van der Waals surface area contributed by atoms with E-state index in [1.54, 1.807) is 0 Å². The Morgan fingerprint density at radius 2 is 1.27 bits per heavy atom. The summed E-state index contributed by atoms with van der Waals surface area (Å²) in [5.74, 6) is -0.826. The van der Waals surface area contributed by atoms with Crippen molar-refractivity contribution in [3.63, 3.8) is 0 Å². The van der Waals surface area contributed by atoms with Crippen molar-refractivity contribution < 1.29 is 9.90 Å². The normalized spacial score (nSPS) is 16.4. The van der Waals surface area contributed by atoms with Crippen molar-refractivity contribution in [2.75, 3.05) is 0 Å². The van der Waals surface area contributed by atoms with E-state index in [1.165, 1.54) is 0 Å². The van der Waals surface area contributed by atoms with Crippen LogP contribution in [-0.2, 0) is 4.79 Å². The van der Waals surface area contributed by atoms with Crippen LogP contribution in [0.2, 0.25) is 0 Å². The van der Waals surface area contributed by atoms with E-state index in [0.29, 0.717) is 26.5 Å². The van der Waals surface area contributed by atoms with Gasteiger partial charge in [0.15, 0.2) is 5.78 Å². The van der Waals surface area contributed by atoms with Crippen LogP contribution in [0.5, 0.6) is 0 Å². The molecule has 0 fully saturated rings. The average Bonchev–Trinajstić information content (AvgIpc) is 2.72. The fourth-order valence-corrected chi connectivity index (χ4v) is 5.24. The van der Waals surface area contributed by atoms with Gasteiger partial charge in [0.1, 0.15) is 11.7 Å². The number of carbonyl (C=O) groups excluding carboxylic acids is 1. The Morgan fingerprint density at radius 3 is 1.90 bits per heavy atom. The Kier molecular flexibility index (Phi) is 4.86. The zero-order valence-electron chi connectivity index (χ0n) is 15.5. The average molecular weight is 465 g/mol. The van der Waals surface area contributed by atoms with Crippen molar-refractivity contribution >= 4 is 83.4 Å². The van der Waals surface area contributed by atoms with Gasteiger partial charge < -0.3 is 5.11 Å². The number of allylic oxidation sites excluding steroid dienone is 2. The standard InChI is InChI=1S/C24H16O2S4/c25-23-21(19-15-5-3-13(27)9-11(15)1-7-17(19)29)24(26)22(23)20-16-6-4-14(28)10-12(16)2-8-18(20)30/h1-10,21,25,27-30H. The van der Waals surface area contributed by atoms with Gasteiger partial charge in [0.05, 0.1) is 5.57 Å². The summed E-state index contributed by atoms with van der Waals surface area (Å²) in [7, 11) is 0. The first-order valence-corrected chi connectivity index (χ1v) is 11.0. The number of fused-ring (bicyclic) bond motifs is 2. The highest BCUT2D eigenvalue weighted by atomic mass is 32.1. The second kappa shape index (κ2) is 7.31. The Labute approximate surface area is 195 Å². The molecule has 1 unspecified atom stereocenters. The number of rotatable bonds is 2. The van der Waals surface area contributed by atoms with Gasteiger partial charge in [0.25, 0.3) is 0 Å². The summed E-state index contributed by atoms with van der Waals surface area (Å²) in [6.45, 7) is 0. The molecule has 0 radical (unpaired) electrons. The van der Waals surface area contributed by atoms with E-state index >= 15 is 0 Å². The van der Waals surface area contributed by atoms with Gasteiger partial charge in [-0.15, -0.1) is 50.5 Å². The molecule has 4 aromatic rings. The van der Waals surface area contributed by atoms with Gasteiger partial charge in [0.2, 0.25) is 0 Å². The number of hydrogen-bond donors (Lipinski definition) is 5. The summed E-state index contributed by atoms with van der Waals surface area (Å²) in [5.41, 5.74) is 1.69. The molecule has 1 N–H and O–H groups in total. The van der Waals surface area contributed by atoms with E-state index in [9.17, 15) is 9.90 Å². The van der Waals surface area contributed by atoms with E-state index in [-0.39, 0.29) is 11.5 Å². The minimum atomic E-state index is -0.742. The van der Waals surface area contributed by atoms with Crippen molar-refractivity contribution in [2.45, 2.75) is 25.5 Å². The lowest BCUT2D eigenvalue weighted by Gasteiger charge is -2.31. The second-order valence-electron chi connectivity index (χ2n) is 7.33. The molecule has 1 aliphatic carbocycles. The van der Waals surface area contributed by atoms with E-state index in [0.717, 1.165) is 31.3 Å². The molecular formula is C24H16O2S4. The van der Waals surface area contributed by atoms with Crippen LogP contribution >= 0.6 is 50.5 Å². The Bertz CT molecular complexity index is 1420. The number of ketones is 1. The topological polar surface area (TPSA) is 37.3 Å². The third kappa shape index (κ3) is 2.97. The molecule has 0 saturated heterocycles. The number of carbonyl (C=O) groups is 1. The van der Waals surface area contributed by atoms with Crippen molar-refractivity contribution in [2.24, 2.45) is 0 Å². The molecule has 1 atom stereocenters. The maximum absolute atomic E-state index is 13.4. The second-order valence-corrected chi connectivity index (χ2v) is 9.32. The first kappa shape index (κ1) is 19.9. The molecule has 30 heavy (non-hydrogen) atoms. The van der Waals surface area contributed by atoms with Gasteiger partial charge in [0, 0.05) is 25.1 Å². The third-order valence-electron chi connectivity index (χ3n) is 5.58. The molecule has 1 aliphatic rings. The highest BCUT2D eigenvalue weighted by molar-refractivity contribution is 7.80. The lowest BCUT2D eigenvalue weighted by Crippen LogP contribution is -2.29. The number of hydrogen-bond acceptors (Lipinski definition) is 6. The first-order chi connectivity index (χ1) is 14.4. The first-order valence-electron chi connectivity index (χ1n) is 9.24. The SMILES string of the molecule is O=C1C(c2c(S)ccc3cc(S)ccc23)=C(O)C1c1c(S)ccc2cc(S)ccc12. The summed E-state index contributed by atoms with van der Waals surface area (Å²) in [6, 6.07) is 19.0. The largest absolute Gasteiger partial charge is 0.510 e. The van der Waals surface area contributed by atoms with E-state index in [1.807, 2.05) is 60.7 Å². The van der Waals surface area contributed by atoms with Gasteiger partial charge in [-0.25, -0.2) is 0 Å². The predicted molar refractivity (Wildman–Crippen MR) is 134 cm³/mol. The molecule has 0 aromatic heterocycles. The smallest absolute Gasteiger partial charge is 0.182 e. The van der Waals surface area contributed by atoms with Crippen LogP contribution in [-0.4, -0.2) is 10.9 Å². The number of thiol groups is 4. The number of aliphatic hydroxyl groups is 1. The van der Waals surface area contributed by atoms with Crippen LogP contribution in [0, 0.1) is 0 Å². The third-order valence-corrected chi connectivity index (χ3v) is 6.90. The van der Waals surface area contributed by atoms with E-state index in [4.69, 9.17) is 0 Å². The fraction of sp³-hybridized carbons (Fsp3) is 0.0417. The lowest BCUT2D eigenvalue weighted by molar-refractivity contribution is -0.116. The summed E-state index contributed by atoms with van der Waals surface area (Å²) >= 11 is 18.0. The van der Waals surface area contributed by atoms with Crippen molar-refractivity contribution in [3.05, 3.63) is 77.5 Å². The predicted octanol–water partition coefficient (Wildman–Crippen LogP) is 6.78. The van der Waals surface area contributed by atoms with Crippen LogP contribution in [0.15, 0.2) is 86.0 Å². The van der Waals surface area contributed by atoms with Crippen molar-refractivity contribution in [1.82, 2.24) is 0 Å². The highest BCUT2D eigenvalue weighted by Crippen LogP contribution is 2.49. The molecule has 0 aliphatic heterocycles. The van der Waals surface area contributed by atoms with E-state index < -0.39 is 5.92 Å². The minimum Gasteiger partial charge on any atom is -0.510 e. The number of Topliss-reactive ketones (excluding diaryl/α,β-unsaturated/α-hetero) is 1. The Balaban J connectivity index is 1.73. The fourth-order valence-electron chi connectivity index (χ4n) is 4.18. The summed E-state index contributed by atoms with van der Waals surface area (Å²) in [6.07, 6.45) is 0. The summed E-state index contributed by atoms with van der Waals surface area (Å²) < 4.78 is 0. The molecular weight excluding hydrogens is 449 g/mol. The molecule has 0 spiro atoms. The zero-order valence-corrected chi connectivity index (χ0v) is 19.1. The van der Waals surface area contributed by atoms with Gasteiger partial charge in [-0.05, 0) is 63.5 Å². The molecule has 0 bridgehead atoms. The monoisotopic (exact) mass is 464 g/mol. The number of benzene rings is 4. The van der Waals surface area contributed by atoms with Crippen LogP contribution in [0.25, 0.3) is 27.1 Å². The van der Waals surface area contributed by atoms with Gasteiger partial charge in [-0.3, -0.25) is 4.79 Å². The molecule has 148 valence electrons. The van der Waals surface area contributed by atoms with E-state index in [2.05, 4.69) is 50.5 Å². The van der Waals surface area contributed by atoms with Crippen LogP contribution in [0.4, 0.5) is 0 Å². The zero-order chi connectivity index (χ0) is 21.2. The summed E-state index contributed by atoms with van der Waals surface area (Å²) in [4.78, 5) is 16.4. The van der Waals surface area contributed by atoms with Crippen LogP contribution < -0.4 is 0 Å².